The Balaban J connectivity index is 0.000000135. The number of amides is 5. The fraction of sp³-hybridized carbons (Fsp3) is 0.233. The molecule has 0 atom stereocenters. The van der Waals surface area contributed by atoms with Gasteiger partial charge in [-0.15, -0.1) is 0 Å². The number of carbonyl (C=O) groups is 5. The predicted molar refractivity (Wildman–Crippen MR) is 574 cm³/mol. The molecule has 764 valence electrons. The number of piperazine rings is 4. The second kappa shape index (κ2) is 48.2. The molecule has 0 spiro atoms. The van der Waals surface area contributed by atoms with Crippen LogP contribution in [0.5, 0.6) is 5.75 Å². The smallest absolute Gasteiger partial charge is 0.334 e. The van der Waals surface area contributed by atoms with Crippen LogP contribution in [-0.4, -0.2) is 219 Å². The molecule has 4 aromatic heterocycles. The van der Waals surface area contributed by atoms with Gasteiger partial charge < -0.3 is 50.9 Å². The second-order valence-corrected chi connectivity index (χ2v) is 38.2. The van der Waals surface area contributed by atoms with Gasteiger partial charge in [-0.05, 0) is 134 Å². The highest BCUT2D eigenvalue weighted by Crippen LogP contribution is 2.36. The summed E-state index contributed by atoms with van der Waals surface area (Å²) in [5.41, 5.74) is 13.2. The minimum Gasteiger partial charge on any atom is -0.497 e. The lowest BCUT2D eigenvalue weighted by Crippen LogP contribution is -2.47. The molecule has 0 aliphatic carbocycles. The molecule has 4 fully saturated rings. The van der Waals surface area contributed by atoms with Crippen LogP contribution >= 0.6 is 0 Å². The number of nitrogens with one attached hydrogen (secondary N) is 6. The van der Waals surface area contributed by atoms with E-state index in [2.05, 4.69) is 31.3 Å². The molecule has 4 saturated heterocycles. The molecule has 6 N–H and O–H groups in total. The number of sulfonamides is 1. The van der Waals surface area contributed by atoms with Crippen LogP contribution in [0.1, 0.15) is 85.7 Å². The van der Waals surface area contributed by atoms with Gasteiger partial charge in [0.05, 0.1) is 70.6 Å². The van der Waals surface area contributed by atoms with E-state index < -0.39 is 33.0 Å². The number of para-hydroxylation sites is 4. The Kier molecular flexibility index (Phi) is 33.6. The normalized spacial score (nSPS) is 13.6. The first-order chi connectivity index (χ1) is 72.5. The van der Waals surface area contributed by atoms with Crippen molar-refractivity contribution in [3.05, 3.63) is 437 Å². The van der Waals surface area contributed by atoms with E-state index in [4.69, 9.17) is 4.74 Å². The highest BCUT2D eigenvalue weighted by atomic mass is 32.2. The van der Waals surface area contributed by atoms with Crippen molar-refractivity contribution in [2.45, 2.75) is 58.8 Å². The van der Waals surface area contributed by atoms with E-state index in [1.54, 1.807) is 87.1 Å². The van der Waals surface area contributed by atoms with Crippen molar-refractivity contribution in [2.75, 3.05) is 125 Å². The highest BCUT2D eigenvalue weighted by Gasteiger charge is 2.38. The van der Waals surface area contributed by atoms with E-state index in [9.17, 15) is 60.3 Å². The minimum absolute atomic E-state index is 0.0171. The first-order valence-corrected chi connectivity index (χ1v) is 51.3. The number of nitrogens with zero attached hydrogens (tertiary/aromatic N) is 12. The number of benzene rings is 12. The van der Waals surface area contributed by atoms with Crippen LogP contribution in [0.4, 0.5) is 8.78 Å². The number of carbonyl (C=O) groups excluding carboxylic acids is 5. The van der Waals surface area contributed by atoms with Crippen molar-refractivity contribution < 1.29 is 45.9 Å². The van der Waals surface area contributed by atoms with E-state index in [1.807, 2.05) is 281 Å². The number of methoxy groups -OCH3 is 1. The summed E-state index contributed by atoms with van der Waals surface area (Å²) in [6.07, 6.45) is 0. The molecule has 0 unspecified atom stereocenters. The first kappa shape index (κ1) is 104. The Morgan fingerprint density at radius 1 is 0.322 bits per heavy atom. The average molecular weight is 2030 g/mol. The lowest BCUT2D eigenvalue weighted by atomic mass is 10.1. The number of hydrogen-bond acceptors (Lipinski definition) is 16. The third-order valence-corrected chi connectivity index (χ3v) is 28.2. The monoisotopic (exact) mass is 2020 g/mol. The number of halogens is 2. The average Bonchev–Trinajstić information content (AvgIpc) is 1.61. The number of rotatable bonds is 26. The fourth-order valence-corrected chi connectivity index (χ4v) is 20.2. The standard InChI is InChI=1S/C30H31N5O3.C29H31N5O4S.C29H30N4O3.C28H26F2N4O2/c1-22-10-8-9-15-25(22)35-26(23-11-4-2-5-12-23)27(29(37)33-19-16-31-17-20-33)34(30(35)38)21-18-32-28(36)24-13-6-3-7-14-24;1-22-10-8-9-15-25(22)34-26(23-11-4-2-5-12-23)27(28(35)32-19-16-30-17-20-32)33(29(34)36)21-18-31-39(37,38)24-13-6-3-7-14-24;1-21-9-6-7-14-25(21)33-26(23-11-4-3-5-12-23)27(28(34)31-17-15-30-16-18-31)32(29(33)35)20-22-10-8-13-24(19-22)36-2;1-19-7-5-6-10-24(19)34-25(21-8-3-2-4-9-21)26(27(35)32-15-13-31-14-16-32)33(28(34)36)18-20-11-12-22(29)23(30)17-20/h2-15,31H,16-21H2,1H3,(H,32,36);2-15,30-31H,16-21H2,1H3;3-14,19,30H,15-18,20H2,1-2H3;2-12,17,31H,13-16,18H2,1H3. The SMILES string of the molecule is COc1cccc(Cn2c(C(=O)N3CCNCC3)c(-c3ccccc3)n(-c3ccccc3C)c2=O)c1.Cc1ccccc1-n1c(-c2ccccc2)c(C(=O)N2CCNCC2)n(CCNC(=O)c2ccccc2)c1=O.Cc1ccccc1-n1c(-c2ccccc2)c(C(=O)N2CCNCC2)n(CCNS(=O)(=O)c2ccccc2)c1=O.Cc1ccccc1-n1c(-c2ccccc2)c(C(=O)N2CCNCC2)n(Cc2ccc(F)c(F)c2)c1=O. The molecule has 4 aliphatic rings. The largest absolute Gasteiger partial charge is 0.497 e. The Bertz CT molecular complexity index is 7860. The Hall–Kier alpha value is -16.6. The molecule has 5 amide bonds. The van der Waals surface area contributed by atoms with Gasteiger partial charge in [0.25, 0.3) is 29.5 Å². The van der Waals surface area contributed by atoms with Crippen molar-refractivity contribution in [2.24, 2.45) is 0 Å². The number of aromatic nitrogens is 8. The zero-order valence-electron chi connectivity index (χ0n) is 83.6. The summed E-state index contributed by atoms with van der Waals surface area (Å²) in [6, 6.07) is 96.5. The molecular formula is C116H118F2N18O12S. The number of aryl methyl sites for hydroxylation is 4. The van der Waals surface area contributed by atoms with E-state index in [0.29, 0.717) is 160 Å². The Labute approximate surface area is 861 Å². The molecule has 8 heterocycles. The van der Waals surface area contributed by atoms with E-state index in [-0.39, 0.29) is 96.5 Å². The molecule has 20 rings (SSSR count). The van der Waals surface area contributed by atoms with Crippen LogP contribution in [0.3, 0.4) is 0 Å². The predicted octanol–water partition coefficient (Wildman–Crippen LogP) is 13.4. The van der Waals surface area contributed by atoms with Gasteiger partial charge >= 0.3 is 22.8 Å². The van der Waals surface area contributed by atoms with E-state index in [0.717, 1.165) is 81.1 Å². The molecule has 16 aromatic rings. The summed E-state index contributed by atoms with van der Waals surface area (Å²) in [4.78, 5) is 133. The summed E-state index contributed by atoms with van der Waals surface area (Å²) in [5, 5.41) is 16.0. The van der Waals surface area contributed by atoms with Crippen LogP contribution in [0.25, 0.3) is 67.8 Å². The van der Waals surface area contributed by atoms with Gasteiger partial charge in [0.15, 0.2) is 11.6 Å². The molecule has 0 bridgehead atoms. The van der Waals surface area contributed by atoms with Gasteiger partial charge in [-0.25, -0.2) is 41.1 Å². The number of hydrogen-bond donors (Lipinski definition) is 6. The van der Waals surface area contributed by atoms with Gasteiger partial charge in [-0.2, -0.15) is 0 Å². The number of imidazole rings is 4. The van der Waals surface area contributed by atoms with E-state index >= 15 is 0 Å². The molecule has 149 heavy (non-hydrogen) atoms. The van der Waals surface area contributed by atoms with Crippen LogP contribution in [0.2, 0.25) is 0 Å². The van der Waals surface area contributed by atoms with Gasteiger partial charge in [0, 0.05) is 159 Å². The summed E-state index contributed by atoms with van der Waals surface area (Å²) < 4.78 is 73.7. The zero-order chi connectivity index (χ0) is 104. The first-order valence-electron chi connectivity index (χ1n) is 49.8. The highest BCUT2D eigenvalue weighted by molar-refractivity contribution is 7.89. The van der Waals surface area contributed by atoms with Crippen molar-refractivity contribution in [3.8, 4) is 73.5 Å². The van der Waals surface area contributed by atoms with Gasteiger partial charge in [0.1, 0.15) is 28.5 Å². The zero-order valence-corrected chi connectivity index (χ0v) is 84.4. The van der Waals surface area contributed by atoms with Crippen LogP contribution in [0, 0.1) is 39.3 Å². The van der Waals surface area contributed by atoms with Crippen molar-refractivity contribution >= 4 is 39.6 Å². The lowest BCUT2D eigenvalue weighted by Gasteiger charge is -2.28. The summed E-state index contributed by atoms with van der Waals surface area (Å²) >= 11 is 0. The van der Waals surface area contributed by atoms with Crippen molar-refractivity contribution in [1.29, 1.82) is 0 Å². The molecule has 4 aliphatic heterocycles. The van der Waals surface area contributed by atoms with Crippen molar-refractivity contribution in [3.63, 3.8) is 0 Å². The molecule has 33 heteroatoms. The summed E-state index contributed by atoms with van der Waals surface area (Å²) in [7, 11) is -2.17. The molecular weight excluding hydrogens is 1910 g/mol. The minimum atomic E-state index is -3.79. The van der Waals surface area contributed by atoms with Crippen molar-refractivity contribution in [1.82, 2.24) is 87.4 Å². The topological polar surface area (TPSA) is 322 Å². The molecule has 12 aromatic carbocycles. The lowest BCUT2D eigenvalue weighted by molar-refractivity contribution is 0.0718. The third kappa shape index (κ3) is 23.3. The maximum absolute atomic E-state index is 14.2. The molecule has 0 radical (unpaired) electrons. The maximum atomic E-state index is 14.2. The van der Waals surface area contributed by atoms with Crippen LogP contribution < -0.4 is 58.8 Å². The maximum Gasteiger partial charge on any atom is 0.334 e. The Morgan fingerprint density at radius 3 is 0.933 bits per heavy atom. The van der Waals surface area contributed by atoms with Crippen LogP contribution in [-0.2, 0) is 36.2 Å². The third-order valence-electron chi connectivity index (χ3n) is 26.7. The Morgan fingerprint density at radius 2 is 0.611 bits per heavy atom. The van der Waals surface area contributed by atoms with Gasteiger partial charge in [-0.3, -0.25) is 60.5 Å². The molecule has 30 nitrogen and oxygen atoms in total. The van der Waals surface area contributed by atoms with Crippen LogP contribution in [0.15, 0.2) is 346 Å². The molecule has 0 saturated carbocycles. The fourth-order valence-electron chi connectivity index (χ4n) is 19.1. The summed E-state index contributed by atoms with van der Waals surface area (Å²) in [5.74, 6) is -2.35. The summed E-state index contributed by atoms with van der Waals surface area (Å²) in [6.45, 7) is 18.0. The quantitative estimate of drug-likeness (QED) is 0.0293. The second-order valence-electron chi connectivity index (χ2n) is 36.4. The number of ether oxygens (including phenoxy) is 1. The van der Waals surface area contributed by atoms with Gasteiger partial charge in [-0.1, -0.05) is 249 Å². The van der Waals surface area contributed by atoms with Gasteiger partial charge in [0.2, 0.25) is 10.0 Å². The van der Waals surface area contributed by atoms with E-state index in [1.165, 1.54) is 31.9 Å².